The number of halogens is 1. The van der Waals surface area contributed by atoms with E-state index in [-0.39, 0.29) is 18.5 Å². The van der Waals surface area contributed by atoms with E-state index < -0.39 is 0 Å². The van der Waals surface area contributed by atoms with E-state index in [0.717, 1.165) is 75.7 Å². The topological polar surface area (TPSA) is 48.9 Å². The Balaban J connectivity index is 1.33. The lowest BCUT2D eigenvalue weighted by atomic mass is 9.88. The first kappa shape index (κ1) is 24.5. The number of carbonyl (C=O) groups excluding carboxylic acids is 1. The highest BCUT2D eigenvalue weighted by Gasteiger charge is 2.28. The number of carbonyl (C=O) groups is 1. The van der Waals surface area contributed by atoms with Crippen molar-refractivity contribution in [2.45, 2.75) is 38.5 Å². The van der Waals surface area contributed by atoms with E-state index in [9.17, 15) is 9.18 Å². The highest BCUT2D eigenvalue weighted by Crippen LogP contribution is 2.29. The Morgan fingerprint density at radius 3 is 2.53 bits per heavy atom. The molecule has 1 aromatic carbocycles. The normalized spacial score (nSPS) is 17.5. The lowest BCUT2D eigenvalue weighted by molar-refractivity contribution is -0.123. The van der Waals surface area contributed by atoms with Crippen LogP contribution in [0, 0.1) is 5.92 Å². The van der Waals surface area contributed by atoms with Crippen molar-refractivity contribution in [1.82, 2.24) is 9.88 Å². The summed E-state index contributed by atoms with van der Waals surface area (Å²) >= 11 is 0. The Hall–Kier alpha value is -2.67. The van der Waals surface area contributed by atoms with E-state index in [1.807, 2.05) is 41.3 Å². The second-order valence-corrected chi connectivity index (χ2v) is 9.20. The molecule has 0 unspecified atom stereocenters. The first-order chi connectivity index (χ1) is 16.8. The van der Waals surface area contributed by atoms with E-state index in [1.54, 1.807) is 6.20 Å². The van der Waals surface area contributed by atoms with Gasteiger partial charge in [0.15, 0.2) is 0 Å². The molecule has 0 bridgehead atoms. The van der Waals surface area contributed by atoms with Gasteiger partial charge in [0.05, 0.1) is 19.0 Å². The van der Waals surface area contributed by atoms with E-state index in [0.29, 0.717) is 19.6 Å². The quantitative estimate of drug-likeness (QED) is 0.480. The summed E-state index contributed by atoms with van der Waals surface area (Å²) in [7, 11) is 0. The second-order valence-electron chi connectivity index (χ2n) is 9.20. The highest BCUT2D eigenvalue weighted by molar-refractivity contribution is 5.94. The summed E-state index contributed by atoms with van der Waals surface area (Å²) in [5.41, 5.74) is 1.07. The molecule has 184 valence electrons. The zero-order valence-corrected chi connectivity index (χ0v) is 20.1. The Bertz CT molecular complexity index is 883. The van der Waals surface area contributed by atoms with Crippen LogP contribution >= 0.6 is 0 Å². The van der Waals surface area contributed by atoms with Crippen molar-refractivity contribution in [3.63, 3.8) is 0 Å². The molecule has 1 aliphatic carbocycles. The molecular weight excluding hydrogens is 430 g/mol. The Morgan fingerprint density at radius 2 is 1.79 bits per heavy atom. The van der Waals surface area contributed by atoms with Gasteiger partial charge in [-0.2, -0.15) is 0 Å². The smallest absolute Gasteiger partial charge is 0.231 e. The standard InChI is InChI=1S/C27H37FN4O2/c28-14-8-22-34-25-12-5-4-11-24(25)31-19-16-30(17-20-31)18-21-32(26-13-6-7-15-29-26)27(33)23-9-2-1-3-10-23/h4-7,11-13,15,23H,1-3,8-10,14,16-22H2/i28-1. The van der Waals surface area contributed by atoms with Crippen LogP contribution in [0.15, 0.2) is 48.7 Å². The number of pyridine rings is 1. The average molecular weight is 468 g/mol. The molecule has 0 spiro atoms. The predicted octanol–water partition coefficient (Wildman–Crippen LogP) is 4.56. The zero-order valence-electron chi connectivity index (χ0n) is 20.1. The second kappa shape index (κ2) is 12.7. The molecule has 1 saturated carbocycles. The number of amides is 1. The van der Waals surface area contributed by atoms with Crippen LogP contribution in [0.4, 0.5) is 15.9 Å². The summed E-state index contributed by atoms with van der Waals surface area (Å²) in [5.74, 6) is 1.94. The predicted molar refractivity (Wildman–Crippen MR) is 134 cm³/mol. The maximum Gasteiger partial charge on any atom is 0.231 e. The van der Waals surface area contributed by atoms with Crippen molar-refractivity contribution in [3.05, 3.63) is 48.7 Å². The number of hydrogen-bond donors (Lipinski definition) is 0. The van der Waals surface area contributed by atoms with E-state index in [1.165, 1.54) is 6.42 Å². The SMILES string of the molecule is O=C(C1CCCCC1)N(CCN1CCN(c2ccccc2OCCC[18F])CC1)c1ccccn1. The molecule has 1 aromatic heterocycles. The average Bonchev–Trinajstić information content (AvgIpc) is 2.91. The number of alkyl halides is 1. The van der Waals surface area contributed by atoms with Crippen LogP contribution in [0.25, 0.3) is 0 Å². The molecule has 0 atom stereocenters. The van der Waals surface area contributed by atoms with Gasteiger partial charge in [-0.05, 0) is 37.1 Å². The number of aromatic nitrogens is 1. The van der Waals surface area contributed by atoms with Gasteiger partial charge in [-0.25, -0.2) is 4.98 Å². The van der Waals surface area contributed by atoms with Gasteiger partial charge in [0.1, 0.15) is 11.6 Å². The fourth-order valence-electron chi connectivity index (χ4n) is 4.95. The number of hydrogen-bond acceptors (Lipinski definition) is 5. The molecule has 1 aliphatic heterocycles. The van der Waals surface area contributed by atoms with Crippen molar-refractivity contribution in [1.29, 1.82) is 0 Å². The van der Waals surface area contributed by atoms with Crippen LogP contribution in [0.5, 0.6) is 5.75 Å². The molecule has 6 nitrogen and oxygen atoms in total. The monoisotopic (exact) mass is 467 g/mol. The molecule has 0 N–H and O–H groups in total. The van der Waals surface area contributed by atoms with Gasteiger partial charge in [-0.1, -0.05) is 37.5 Å². The van der Waals surface area contributed by atoms with Crippen LogP contribution in [0.1, 0.15) is 38.5 Å². The van der Waals surface area contributed by atoms with Gasteiger partial charge < -0.3 is 9.64 Å². The Labute approximate surface area is 202 Å². The molecule has 7 heteroatoms. The molecule has 0 radical (unpaired) electrons. The minimum atomic E-state index is -0.361. The third-order valence-electron chi connectivity index (χ3n) is 6.90. The highest BCUT2D eigenvalue weighted by atomic mass is 18.2. The Kier molecular flexibility index (Phi) is 9.13. The summed E-state index contributed by atoms with van der Waals surface area (Å²) in [5, 5.41) is 0. The van der Waals surface area contributed by atoms with Crippen molar-refractivity contribution >= 4 is 17.4 Å². The first-order valence-electron chi connectivity index (χ1n) is 12.7. The minimum absolute atomic E-state index is 0.126. The van der Waals surface area contributed by atoms with Gasteiger partial charge in [0, 0.05) is 57.8 Å². The van der Waals surface area contributed by atoms with Crippen LogP contribution in [-0.4, -0.2) is 68.3 Å². The molecule has 1 amide bonds. The summed E-state index contributed by atoms with van der Waals surface area (Å²) < 4.78 is 18.3. The number of rotatable bonds is 10. The van der Waals surface area contributed by atoms with E-state index in [4.69, 9.17) is 4.74 Å². The third kappa shape index (κ3) is 6.47. The molecule has 1 saturated heterocycles. The van der Waals surface area contributed by atoms with Gasteiger partial charge in [0.2, 0.25) is 5.91 Å². The van der Waals surface area contributed by atoms with Gasteiger partial charge in [0.25, 0.3) is 0 Å². The third-order valence-corrected chi connectivity index (χ3v) is 6.90. The molecule has 34 heavy (non-hydrogen) atoms. The summed E-state index contributed by atoms with van der Waals surface area (Å²) in [6, 6.07) is 13.8. The lowest BCUT2D eigenvalue weighted by Crippen LogP contribution is -2.50. The van der Waals surface area contributed by atoms with Crippen molar-refractivity contribution in [2.24, 2.45) is 5.92 Å². The number of benzene rings is 1. The van der Waals surface area contributed by atoms with Gasteiger partial charge in [-0.15, -0.1) is 0 Å². The number of piperazine rings is 1. The molecule has 2 fully saturated rings. The van der Waals surface area contributed by atoms with Crippen LogP contribution < -0.4 is 14.5 Å². The molecular formula is C27H37FN4O2. The lowest BCUT2D eigenvalue weighted by Gasteiger charge is -2.38. The largest absolute Gasteiger partial charge is 0.491 e. The summed E-state index contributed by atoms with van der Waals surface area (Å²) in [4.78, 5) is 24.5. The summed E-state index contributed by atoms with van der Waals surface area (Å²) in [6.07, 6.45) is 7.70. The molecule has 2 aromatic rings. The number of para-hydroxylation sites is 2. The zero-order chi connectivity index (χ0) is 23.6. The number of ether oxygens (including phenoxy) is 1. The maximum absolute atomic E-state index is 13.4. The van der Waals surface area contributed by atoms with Crippen molar-refractivity contribution in [2.75, 3.05) is 62.3 Å². The van der Waals surface area contributed by atoms with Crippen molar-refractivity contribution in [3.8, 4) is 5.75 Å². The number of nitrogens with zero attached hydrogens (tertiary/aromatic N) is 4. The van der Waals surface area contributed by atoms with E-state index >= 15 is 0 Å². The van der Waals surface area contributed by atoms with Crippen LogP contribution in [0.3, 0.4) is 0 Å². The van der Waals surface area contributed by atoms with E-state index in [2.05, 4.69) is 20.9 Å². The molecule has 4 rings (SSSR count). The van der Waals surface area contributed by atoms with Crippen LogP contribution in [-0.2, 0) is 4.79 Å². The fraction of sp³-hybridized carbons (Fsp3) is 0.556. The fourth-order valence-corrected chi connectivity index (χ4v) is 4.95. The molecule has 2 aliphatic rings. The first-order valence-corrected chi connectivity index (χ1v) is 12.7. The number of anilines is 2. The Morgan fingerprint density at radius 1 is 1.03 bits per heavy atom. The minimum Gasteiger partial charge on any atom is -0.491 e. The van der Waals surface area contributed by atoms with Crippen LogP contribution in [0.2, 0.25) is 0 Å². The molecule has 2 heterocycles. The van der Waals surface area contributed by atoms with Crippen molar-refractivity contribution < 1.29 is 13.9 Å². The maximum atomic E-state index is 13.4. The van der Waals surface area contributed by atoms with Gasteiger partial charge >= 0.3 is 0 Å². The van der Waals surface area contributed by atoms with Gasteiger partial charge in [-0.3, -0.25) is 19.0 Å². The summed E-state index contributed by atoms with van der Waals surface area (Å²) in [6.45, 7) is 5.16.